The third-order valence-corrected chi connectivity index (χ3v) is 1.70. The summed E-state index contributed by atoms with van der Waals surface area (Å²) in [6.07, 6.45) is -6.06. The van der Waals surface area contributed by atoms with Crippen molar-refractivity contribution in [3.05, 3.63) is 0 Å². The molecule has 0 bridgehead atoms. The number of aliphatic hydroxyl groups excluding tert-OH is 5. The molecule has 0 heterocycles. The standard InChI is InChI=1S/C6H12O5S/c7-1-3(8)5(10)6(11)4(9)2-12/h2-11H,1H2/t3-,4+,5+,6-/m1/s1. The van der Waals surface area contributed by atoms with Crippen LogP contribution in [0.2, 0.25) is 0 Å². The summed E-state index contributed by atoms with van der Waals surface area (Å²) in [5.41, 5.74) is 0. The molecule has 0 unspecified atom stereocenters. The second-order valence-electron chi connectivity index (χ2n) is 2.36. The van der Waals surface area contributed by atoms with Gasteiger partial charge in [0.25, 0.3) is 0 Å². The Morgan fingerprint density at radius 3 is 1.92 bits per heavy atom. The van der Waals surface area contributed by atoms with Gasteiger partial charge in [-0.25, -0.2) is 0 Å². The summed E-state index contributed by atoms with van der Waals surface area (Å²) in [6, 6.07) is 0. The van der Waals surface area contributed by atoms with Crippen LogP contribution in [0, 0.1) is 0 Å². The molecule has 0 spiro atoms. The molecule has 0 aliphatic rings. The fourth-order valence-electron chi connectivity index (χ4n) is 0.618. The van der Waals surface area contributed by atoms with E-state index in [1.165, 1.54) is 0 Å². The van der Waals surface area contributed by atoms with Gasteiger partial charge in [0.2, 0.25) is 0 Å². The van der Waals surface area contributed by atoms with E-state index < -0.39 is 31.0 Å². The molecular formula is C6H12O5S. The van der Waals surface area contributed by atoms with Crippen molar-refractivity contribution in [1.29, 1.82) is 0 Å². The fraction of sp³-hybridized carbons (Fsp3) is 0.833. The van der Waals surface area contributed by atoms with Crippen molar-refractivity contribution in [2.24, 2.45) is 0 Å². The van der Waals surface area contributed by atoms with Crippen molar-refractivity contribution >= 4 is 17.6 Å². The van der Waals surface area contributed by atoms with Crippen LogP contribution in [-0.2, 0) is 0 Å². The zero-order chi connectivity index (χ0) is 9.72. The predicted molar refractivity (Wildman–Crippen MR) is 44.8 cm³/mol. The molecule has 0 fully saturated rings. The van der Waals surface area contributed by atoms with Crippen LogP contribution < -0.4 is 0 Å². The summed E-state index contributed by atoms with van der Waals surface area (Å²) in [5, 5.41) is 44.9. The van der Waals surface area contributed by atoms with Crippen molar-refractivity contribution in [1.82, 2.24) is 0 Å². The van der Waals surface area contributed by atoms with E-state index in [2.05, 4.69) is 12.2 Å². The third-order valence-electron chi connectivity index (χ3n) is 1.42. The normalized spacial score (nSPS) is 21.1. The van der Waals surface area contributed by atoms with Gasteiger partial charge in [0, 0.05) is 5.37 Å². The zero-order valence-corrected chi connectivity index (χ0v) is 7.05. The smallest absolute Gasteiger partial charge is 0.113 e. The first kappa shape index (κ1) is 11.9. The van der Waals surface area contributed by atoms with Gasteiger partial charge in [-0.3, -0.25) is 0 Å². The molecule has 4 atom stereocenters. The summed E-state index contributed by atoms with van der Waals surface area (Å²) in [7, 11) is 0. The highest BCUT2D eigenvalue weighted by atomic mass is 32.1. The third kappa shape index (κ3) is 3.10. The minimum Gasteiger partial charge on any atom is -0.394 e. The molecule has 5 nitrogen and oxygen atoms in total. The van der Waals surface area contributed by atoms with E-state index in [-0.39, 0.29) is 0 Å². The maximum atomic E-state index is 9.02. The average Bonchev–Trinajstić information content (AvgIpc) is 2.12. The van der Waals surface area contributed by atoms with E-state index in [0.717, 1.165) is 5.37 Å². The van der Waals surface area contributed by atoms with E-state index in [4.69, 9.17) is 25.5 Å². The van der Waals surface area contributed by atoms with Crippen LogP contribution in [0.1, 0.15) is 0 Å². The topological polar surface area (TPSA) is 101 Å². The molecule has 0 aliphatic carbocycles. The molecule has 0 amide bonds. The van der Waals surface area contributed by atoms with Crippen molar-refractivity contribution in [2.75, 3.05) is 6.61 Å². The summed E-state index contributed by atoms with van der Waals surface area (Å²) in [6.45, 7) is -0.692. The lowest BCUT2D eigenvalue weighted by Crippen LogP contribution is -2.46. The fourth-order valence-corrected chi connectivity index (χ4v) is 0.779. The summed E-state index contributed by atoms with van der Waals surface area (Å²) in [5.74, 6) is 0. The zero-order valence-electron chi connectivity index (χ0n) is 6.24. The Bertz CT molecular complexity index is 142. The van der Waals surface area contributed by atoms with Gasteiger partial charge < -0.3 is 25.5 Å². The SMILES string of the molecule is OC[C@@H](O)[C@H](O)[C@H](O)[C@@H](O)C=S. The Kier molecular flexibility index (Phi) is 5.47. The molecule has 0 aliphatic heterocycles. The molecule has 12 heavy (non-hydrogen) atoms. The largest absolute Gasteiger partial charge is 0.394 e. The Morgan fingerprint density at radius 1 is 1.08 bits per heavy atom. The van der Waals surface area contributed by atoms with Crippen LogP contribution in [0.3, 0.4) is 0 Å². The molecular weight excluding hydrogens is 184 g/mol. The molecule has 0 aromatic rings. The first-order valence-corrected chi connectivity index (χ1v) is 3.80. The van der Waals surface area contributed by atoms with E-state index in [0.29, 0.717) is 0 Å². The van der Waals surface area contributed by atoms with Crippen molar-refractivity contribution in [2.45, 2.75) is 24.4 Å². The van der Waals surface area contributed by atoms with Crippen LogP contribution in [0.15, 0.2) is 0 Å². The summed E-state index contributed by atoms with van der Waals surface area (Å²) < 4.78 is 0. The minimum atomic E-state index is -1.61. The van der Waals surface area contributed by atoms with Crippen LogP contribution in [-0.4, -0.2) is 61.9 Å². The first-order chi connectivity index (χ1) is 5.54. The number of hydrogen-bond donors (Lipinski definition) is 5. The molecule has 72 valence electrons. The van der Waals surface area contributed by atoms with E-state index in [1.54, 1.807) is 0 Å². The number of hydrogen-bond acceptors (Lipinski definition) is 6. The second-order valence-corrected chi connectivity index (χ2v) is 2.63. The first-order valence-electron chi connectivity index (χ1n) is 3.33. The monoisotopic (exact) mass is 196 g/mol. The van der Waals surface area contributed by atoms with Gasteiger partial charge in [-0.1, -0.05) is 12.2 Å². The van der Waals surface area contributed by atoms with Gasteiger partial charge >= 0.3 is 0 Å². The average molecular weight is 196 g/mol. The molecule has 6 heteroatoms. The van der Waals surface area contributed by atoms with E-state index in [1.807, 2.05) is 0 Å². The van der Waals surface area contributed by atoms with Gasteiger partial charge in [0.1, 0.15) is 24.4 Å². The van der Waals surface area contributed by atoms with Gasteiger partial charge in [-0.2, -0.15) is 0 Å². The van der Waals surface area contributed by atoms with Crippen molar-refractivity contribution < 1.29 is 25.5 Å². The molecule has 0 saturated carbocycles. The minimum absolute atomic E-state index is 0.692. The van der Waals surface area contributed by atoms with Gasteiger partial charge in [0.05, 0.1) is 6.61 Å². The Labute approximate surface area is 74.9 Å². The highest BCUT2D eigenvalue weighted by Gasteiger charge is 2.28. The molecule has 0 aromatic heterocycles. The van der Waals surface area contributed by atoms with Gasteiger partial charge in [0.15, 0.2) is 0 Å². The Morgan fingerprint density at radius 2 is 1.58 bits per heavy atom. The number of thiocarbonyl (C=S) groups is 1. The molecule has 0 radical (unpaired) electrons. The number of rotatable bonds is 5. The summed E-state index contributed by atoms with van der Waals surface area (Å²) in [4.78, 5) is 0. The Balaban J connectivity index is 4.07. The van der Waals surface area contributed by atoms with Crippen LogP contribution in [0.5, 0.6) is 0 Å². The molecule has 0 saturated heterocycles. The maximum Gasteiger partial charge on any atom is 0.113 e. The molecule has 5 N–H and O–H groups in total. The lowest BCUT2D eigenvalue weighted by atomic mass is 10.0. The predicted octanol–water partition coefficient (Wildman–Crippen LogP) is -2.58. The van der Waals surface area contributed by atoms with E-state index >= 15 is 0 Å². The molecule has 0 aromatic carbocycles. The van der Waals surface area contributed by atoms with Gasteiger partial charge in [-0.15, -0.1) is 0 Å². The second kappa shape index (κ2) is 5.52. The maximum absolute atomic E-state index is 9.02. The molecule has 0 rings (SSSR count). The van der Waals surface area contributed by atoms with Crippen molar-refractivity contribution in [3.8, 4) is 0 Å². The van der Waals surface area contributed by atoms with E-state index in [9.17, 15) is 0 Å². The highest BCUT2D eigenvalue weighted by molar-refractivity contribution is 7.79. The number of aliphatic hydroxyl groups is 5. The van der Waals surface area contributed by atoms with Crippen LogP contribution in [0.25, 0.3) is 0 Å². The van der Waals surface area contributed by atoms with Gasteiger partial charge in [-0.05, 0) is 0 Å². The Hall–Kier alpha value is -0.110. The van der Waals surface area contributed by atoms with Crippen LogP contribution >= 0.6 is 12.2 Å². The van der Waals surface area contributed by atoms with Crippen LogP contribution in [0.4, 0.5) is 0 Å². The summed E-state index contributed by atoms with van der Waals surface area (Å²) >= 11 is 4.30. The quantitative estimate of drug-likeness (QED) is 0.310. The lowest BCUT2D eigenvalue weighted by molar-refractivity contribution is -0.0996. The van der Waals surface area contributed by atoms with Crippen molar-refractivity contribution in [3.63, 3.8) is 0 Å². The highest BCUT2D eigenvalue weighted by Crippen LogP contribution is 2.03. The lowest BCUT2D eigenvalue weighted by Gasteiger charge is -2.23.